The Balaban J connectivity index is 0.000000104. The normalized spacial score (nSPS) is 11.2. The van der Waals surface area contributed by atoms with Crippen LogP contribution in [0.3, 0.4) is 0 Å². The minimum absolute atomic E-state index is 0.150. The first-order chi connectivity index (χ1) is 56.8. The highest BCUT2D eigenvalue weighted by Crippen LogP contribution is 2.42. The fraction of sp³-hybridized carbons (Fsp3) is 0. The highest BCUT2D eigenvalue weighted by atomic mass is 32.1. The number of aromatic nitrogens is 2. The molecule has 22 aromatic rings. The van der Waals surface area contributed by atoms with E-state index in [4.69, 9.17) is 23.2 Å². The lowest BCUT2D eigenvalue weighted by atomic mass is 9.94. The molecule has 0 atom stereocenters. The predicted octanol–water partition coefficient (Wildman–Crippen LogP) is 30.2. The molecule has 0 aliphatic carbocycles. The Morgan fingerprint density at radius 1 is 0.235 bits per heavy atom. The maximum atomic E-state index is 14.0. The summed E-state index contributed by atoms with van der Waals surface area (Å²) < 4.78 is 34.2. The van der Waals surface area contributed by atoms with Gasteiger partial charge in [-0.15, -0.1) is 11.3 Å². The largest absolute Gasteiger partial charge is 0.456 e. The lowest BCUT2D eigenvalue weighted by molar-refractivity contribution is 0.641. The Hall–Kier alpha value is -15.2. The van der Waals surface area contributed by atoms with Crippen molar-refractivity contribution >= 4 is 154 Å². The van der Waals surface area contributed by atoms with E-state index >= 15 is 0 Å². The predicted molar refractivity (Wildman–Crippen MR) is 480 cm³/mol. The van der Waals surface area contributed by atoms with Crippen molar-refractivity contribution in [2.45, 2.75) is 0 Å². The third kappa shape index (κ3) is 15.1. The van der Waals surface area contributed by atoms with Crippen LogP contribution in [0.25, 0.3) is 153 Å². The summed E-state index contributed by atoms with van der Waals surface area (Å²) in [6, 6.07) is 138. The van der Waals surface area contributed by atoms with Crippen molar-refractivity contribution in [3.05, 3.63) is 412 Å². The fourth-order valence-electron chi connectivity index (χ4n) is 15.0. The third-order valence-corrected chi connectivity index (χ3v) is 21.6. The maximum absolute atomic E-state index is 14.0. The minimum atomic E-state index is -0.150. The number of anilines is 8. The highest BCUT2D eigenvalue weighted by Gasteiger charge is 2.17. The number of nitrogens with zero attached hydrogens (tertiary/aromatic N) is 2. The van der Waals surface area contributed by atoms with Crippen molar-refractivity contribution in [2.24, 2.45) is 0 Å². The number of para-hydroxylation sites is 4. The van der Waals surface area contributed by atoms with Gasteiger partial charge in [0.1, 0.15) is 39.3 Å². The first kappa shape index (κ1) is 70.2. The lowest BCUT2D eigenvalue weighted by Gasteiger charge is -2.14. The molecule has 5 heterocycles. The van der Waals surface area contributed by atoms with E-state index in [1.165, 1.54) is 50.2 Å². The average Bonchev–Trinajstić information content (AvgIpc) is 1.76. The van der Waals surface area contributed by atoms with E-state index in [2.05, 4.69) is 252 Å². The van der Waals surface area contributed by atoms with Crippen LogP contribution in [0.4, 0.5) is 50.2 Å². The zero-order valence-corrected chi connectivity index (χ0v) is 62.9. The second-order valence-corrected chi connectivity index (χ2v) is 29.1. The zero-order chi connectivity index (χ0) is 76.8. The van der Waals surface area contributed by atoms with Crippen LogP contribution in [0.15, 0.2) is 420 Å². The second-order valence-electron chi connectivity index (χ2n) is 28.0. The smallest absolute Gasteiger partial charge is 0.228 e. The van der Waals surface area contributed by atoms with Crippen molar-refractivity contribution in [1.29, 1.82) is 0 Å². The molecule has 115 heavy (non-hydrogen) atoms. The molecular weight excluding hydrogens is 1430 g/mol. The van der Waals surface area contributed by atoms with E-state index in [-0.39, 0.29) is 5.82 Å². The number of halogens is 1. The molecule has 17 aromatic carbocycles. The molecule has 0 aliphatic rings. The van der Waals surface area contributed by atoms with Crippen molar-refractivity contribution in [3.8, 4) is 55.9 Å². The molecular formula is C104H71FN6O3S. The van der Waals surface area contributed by atoms with E-state index in [0.717, 1.165) is 148 Å². The van der Waals surface area contributed by atoms with Crippen LogP contribution in [0.5, 0.6) is 0 Å². The monoisotopic (exact) mass is 1500 g/mol. The Labute approximate surface area is 666 Å². The lowest BCUT2D eigenvalue weighted by Crippen LogP contribution is -2.00. The molecule has 11 heteroatoms. The van der Waals surface area contributed by atoms with Crippen LogP contribution in [-0.4, -0.2) is 9.97 Å². The number of furan rings is 3. The Bertz CT molecular complexity index is 7180. The maximum Gasteiger partial charge on any atom is 0.228 e. The molecule has 0 saturated carbocycles. The van der Waals surface area contributed by atoms with Crippen molar-refractivity contribution < 1.29 is 17.6 Å². The van der Waals surface area contributed by atoms with E-state index in [1.54, 1.807) is 17.4 Å². The van der Waals surface area contributed by atoms with Crippen molar-refractivity contribution in [2.75, 3.05) is 21.3 Å². The van der Waals surface area contributed by atoms with Crippen LogP contribution < -0.4 is 21.3 Å². The first-order valence-corrected chi connectivity index (χ1v) is 39.0. The first-order valence-electron chi connectivity index (χ1n) is 38.2. The van der Waals surface area contributed by atoms with Gasteiger partial charge in [-0.2, -0.15) is 0 Å². The van der Waals surface area contributed by atoms with Gasteiger partial charge in [0.15, 0.2) is 0 Å². The topological polar surface area (TPSA) is 113 Å². The summed E-state index contributed by atoms with van der Waals surface area (Å²) in [5.74, 6) is 0.392. The number of rotatable bonds is 13. The molecule has 0 spiro atoms. The molecule has 0 unspecified atom stereocenters. The number of fused-ring (bicyclic) bond motifs is 13. The molecule has 22 rings (SSSR count). The number of thiophene rings is 1. The van der Waals surface area contributed by atoms with Gasteiger partial charge in [-0.05, 0) is 160 Å². The molecule has 9 nitrogen and oxygen atoms in total. The van der Waals surface area contributed by atoms with E-state index < -0.39 is 0 Å². The molecule has 0 radical (unpaired) electrons. The Kier molecular flexibility index (Phi) is 19.3. The van der Waals surface area contributed by atoms with Gasteiger partial charge in [0.05, 0.1) is 11.4 Å². The number of hydrogen-bond donors (Lipinski definition) is 4. The second kappa shape index (κ2) is 31.7. The van der Waals surface area contributed by atoms with Crippen molar-refractivity contribution in [1.82, 2.24) is 9.97 Å². The van der Waals surface area contributed by atoms with Crippen molar-refractivity contribution in [3.63, 3.8) is 0 Å². The van der Waals surface area contributed by atoms with E-state index in [1.807, 2.05) is 164 Å². The quantitative estimate of drug-likeness (QED) is 0.0896. The number of nitrogens with one attached hydrogen (secondary N) is 4. The van der Waals surface area contributed by atoms with Gasteiger partial charge in [-0.1, -0.05) is 267 Å². The van der Waals surface area contributed by atoms with E-state index in [9.17, 15) is 4.39 Å². The van der Waals surface area contributed by atoms with Gasteiger partial charge in [0.2, 0.25) is 5.95 Å². The highest BCUT2D eigenvalue weighted by molar-refractivity contribution is 7.25. The van der Waals surface area contributed by atoms with Crippen LogP contribution in [0.1, 0.15) is 0 Å². The van der Waals surface area contributed by atoms with Crippen LogP contribution in [0, 0.1) is 5.82 Å². The average molecular weight is 1500 g/mol. The van der Waals surface area contributed by atoms with Gasteiger partial charge < -0.3 is 34.5 Å². The summed E-state index contributed by atoms with van der Waals surface area (Å²) >= 11 is 1.62. The zero-order valence-electron chi connectivity index (χ0n) is 62.1. The molecule has 0 fully saturated rings. The van der Waals surface area contributed by atoms with Gasteiger partial charge in [-0.3, -0.25) is 0 Å². The summed E-state index contributed by atoms with van der Waals surface area (Å²) in [7, 11) is 0. The van der Waals surface area contributed by atoms with Crippen LogP contribution in [-0.2, 0) is 0 Å². The third-order valence-electron chi connectivity index (χ3n) is 20.5. The van der Waals surface area contributed by atoms with E-state index in [0.29, 0.717) is 5.95 Å². The minimum Gasteiger partial charge on any atom is -0.456 e. The molecule has 0 aliphatic heterocycles. The molecule has 0 amide bonds. The molecule has 548 valence electrons. The van der Waals surface area contributed by atoms with Crippen LogP contribution in [0.2, 0.25) is 0 Å². The van der Waals surface area contributed by atoms with Gasteiger partial charge >= 0.3 is 0 Å². The summed E-state index contributed by atoms with van der Waals surface area (Å²) in [6.07, 6.45) is 0. The van der Waals surface area contributed by atoms with Gasteiger partial charge in [0, 0.05) is 127 Å². The Morgan fingerprint density at radius 2 is 0.635 bits per heavy atom. The molecule has 0 bridgehead atoms. The van der Waals surface area contributed by atoms with Crippen LogP contribution >= 0.6 is 11.3 Å². The fourth-order valence-corrected chi connectivity index (χ4v) is 16.1. The standard InChI is InChI=1S/C30H21NO.C28H19N3O.C28H19NO.C18H12FNS/c1-3-9-21(10-4-1)25-17-15-23(19-28(25)22-11-5-2-6-12-22)31-24-16-18-27-26-13-7-8-14-29(26)32-30(27)20-24;1-3-9-19(10-4-1)24-18-25(20-11-5-2-6-12-20)31-28(30-24)29-21-15-16-23-22-13-7-8-14-26(22)32-27(23)17-21;1-2-8-19(9-3-1)21-16-20-10-4-5-11-23(20)26(17-21)29-22-14-15-25-24-12-6-7-13-27(24)30-28(25)18-22;19-15-7-4-8-16-18(15)14-10-9-13(11-17(14)21-16)20-12-5-2-1-3-6-12/h1-20,31H;1-18H,(H,29,30,31);1-18,29H;1-11,20H. The summed E-state index contributed by atoms with van der Waals surface area (Å²) in [5.41, 5.74) is 23.5. The Morgan fingerprint density at radius 3 is 1.17 bits per heavy atom. The summed E-state index contributed by atoms with van der Waals surface area (Å²) in [4.78, 5) is 9.59. The summed E-state index contributed by atoms with van der Waals surface area (Å²) in [6.45, 7) is 0. The molecule has 0 saturated heterocycles. The number of benzene rings is 17. The molecule has 5 aromatic heterocycles. The SMILES string of the molecule is Fc1cccc2sc3cc(Nc4ccccc4)ccc3c12.c1ccc(-c2cc(-c3ccccc3)nc(Nc3ccc4c(c3)oc3ccccc34)n2)cc1.c1ccc(-c2cc(Nc3ccc4c(c3)oc3ccccc34)c3ccccc3c2)cc1.c1ccc(-c2ccc(Nc3ccc4c(c3)oc3ccccc34)cc2-c2ccccc2)cc1. The number of hydrogen-bond acceptors (Lipinski definition) is 10. The van der Waals surface area contributed by atoms with Gasteiger partial charge in [-0.25, -0.2) is 14.4 Å². The molecule has 4 N–H and O–H groups in total. The summed E-state index contributed by atoms with van der Waals surface area (Å²) in [5, 5.41) is 24.8. The van der Waals surface area contributed by atoms with Gasteiger partial charge in [0.25, 0.3) is 0 Å².